The molecule has 0 nitrogen and oxygen atoms in total. The Morgan fingerprint density at radius 2 is 1.71 bits per heavy atom. The molecule has 0 bridgehead atoms. The quantitative estimate of drug-likeness (QED) is 0.533. The minimum Gasteiger partial charge on any atom is -0.0654 e. The highest BCUT2D eigenvalue weighted by atomic mass is 14.2. The van der Waals surface area contributed by atoms with Gasteiger partial charge in [-0.25, -0.2) is 0 Å². The molecule has 2 atom stereocenters. The largest absolute Gasteiger partial charge is 0.0654 e. The molecular weight excluding hydrogens is 168 g/mol. The van der Waals surface area contributed by atoms with Crippen LogP contribution >= 0.6 is 0 Å². The van der Waals surface area contributed by atoms with Gasteiger partial charge in [0.1, 0.15) is 0 Å². The van der Waals surface area contributed by atoms with Gasteiger partial charge in [-0.1, -0.05) is 60.8 Å². The molecule has 0 saturated carbocycles. The molecule has 0 rings (SSSR count). The minimum absolute atomic E-state index is 0.554. The van der Waals surface area contributed by atoms with Crippen LogP contribution in [0.15, 0.2) is 0 Å². The fourth-order valence-electron chi connectivity index (χ4n) is 1.99. The molecule has 2 unspecified atom stereocenters. The Labute approximate surface area is 91.5 Å². The summed E-state index contributed by atoms with van der Waals surface area (Å²) in [7, 11) is 0. The van der Waals surface area contributed by atoms with Crippen LogP contribution in [-0.2, 0) is 0 Å². The lowest BCUT2D eigenvalue weighted by atomic mass is 9.81. The summed E-state index contributed by atoms with van der Waals surface area (Å²) >= 11 is 0. The maximum absolute atomic E-state index is 4.09. The van der Waals surface area contributed by atoms with Crippen LogP contribution in [0.4, 0.5) is 0 Å². The normalized spacial score (nSPS) is 14.8. The van der Waals surface area contributed by atoms with Crippen molar-refractivity contribution in [3.8, 4) is 0 Å². The van der Waals surface area contributed by atoms with Crippen molar-refractivity contribution in [3.63, 3.8) is 0 Å². The zero-order valence-electron chi connectivity index (χ0n) is 10.9. The van der Waals surface area contributed by atoms with E-state index in [0.29, 0.717) is 11.3 Å². The average Bonchev–Trinajstić information content (AvgIpc) is 2.03. The lowest BCUT2D eigenvalue weighted by molar-refractivity contribution is 0.276. The van der Waals surface area contributed by atoms with Crippen LogP contribution in [0.1, 0.15) is 66.7 Å². The van der Waals surface area contributed by atoms with E-state index in [4.69, 9.17) is 0 Å². The first-order valence-corrected chi connectivity index (χ1v) is 6.22. The van der Waals surface area contributed by atoms with E-state index in [1.165, 1.54) is 32.1 Å². The van der Waals surface area contributed by atoms with E-state index in [9.17, 15) is 0 Å². The fraction of sp³-hybridized carbons (Fsp3) is 0.929. The third kappa shape index (κ3) is 6.45. The summed E-state index contributed by atoms with van der Waals surface area (Å²) < 4.78 is 0. The molecule has 0 aromatic rings. The SMILES string of the molecule is [CH2]C(C)C(C)CCCC(C)(C)CCC. The van der Waals surface area contributed by atoms with Crippen molar-refractivity contribution in [1.29, 1.82) is 0 Å². The molecule has 0 aliphatic heterocycles. The highest BCUT2D eigenvalue weighted by molar-refractivity contribution is 4.70. The summed E-state index contributed by atoms with van der Waals surface area (Å²) in [5.41, 5.74) is 0.554. The van der Waals surface area contributed by atoms with E-state index >= 15 is 0 Å². The van der Waals surface area contributed by atoms with E-state index in [1.807, 2.05) is 0 Å². The molecule has 0 saturated heterocycles. The zero-order chi connectivity index (χ0) is 11.2. The van der Waals surface area contributed by atoms with Crippen LogP contribution in [0.5, 0.6) is 0 Å². The molecule has 0 heterocycles. The summed E-state index contributed by atoms with van der Waals surface area (Å²) in [4.78, 5) is 0. The Morgan fingerprint density at radius 1 is 1.14 bits per heavy atom. The van der Waals surface area contributed by atoms with E-state index in [-0.39, 0.29) is 0 Å². The van der Waals surface area contributed by atoms with Crippen LogP contribution in [0.25, 0.3) is 0 Å². The van der Waals surface area contributed by atoms with Crippen molar-refractivity contribution in [3.05, 3.63) is 6.92 Å². The van der Waals surface area contributed by atoms with Gasteiger partial charge >= 0.3 is 0 Å². The molecule has 0 aliphatic carbocycles. The molecule has 0 aromatic carbocycles. The summed E-state index contributed by atoms with van der Waals surface area (Å²) in [6.45, 7) is 15.7. The highest BCUT2D eigenvalue weighted by Gasteiger charge is 2.16. The van der Waals surface area contributed by atoms with Crippen LogP contribution < -0.4 is 0 Å². The zero-order valence-corrected chi connectivity index (χ0v) is 10.9. The number of rotatable bonds is 7. The molecule has 1 radical (unpaired) electrons. The highest BCUT2D eigenvalue weighted by Crippen LogP contribution is 2.30. The predicted molar refractivity (Wildman–Crippen MR) is 66.2 cm³/mol. The molecule has 85 valence electrons. The van der Waals surface area contributed by atoms with Gasteiger partial charge in [-0.05, 0) is 30.1 Å². The molecular formula is C14H29. The maximum Gasteiger partial charge on any atom is -0.0354 e. The minimum atomic E-state index is 0.554. The average molecular weight is 197 g/mol. The van der Waals surface area contributed by atoms with Crippen molar-refractivity contribution in [2.24, 2.45) is 17.3 Å². The van der Waals surface area contributed by atoms with Crippen molar-refractivity contribution >= 4 is 0 Å². The molecule has 0 heteroatoms. The maximum atomic E-state index is 4.09. The van der Waals surface area contributed by atoms with Crippen molar-refractivity contribution in [2.45, 2.75) is 66.7 Å². The molecule has 0 spiro atoms. The van der Waals surface area contributed by atoms with E-state index < -0.39 is 0 Å². The van der Waals surface area contributed by atoms with Crippen LogP contribution in [0.3, 0.4) is 0 Å². The second-order valence-electron chi connectivity index (χ2n) is 5.76. The first-order valence-electron chi connectivity index (χ1n) is 6.22. The Kier molecular flexibility index (Phi) is 6.48. The lowest BCUT2D eigenvalue weighted by Crippen LogP contribution is -2.12. The van der Waals surface area contributed by atoms with Gasteiger partial charge < -0.3 is 0 Å². The van der Waals surface area contributed by atoms with Gasteiger partial charge in [0.25, 0.3) is 0 Å². The second-order valence-corrected chi connectivity index (χ2v) is 5.76. The first kappa shape index (κ1) is 14.0. The Balaban J connectivity index is 3.62. The molecule has 0 N–H and O–H groups in total. The van der Waals surface area contributed by atoms with E-state index in [1.54, 1.807) is 0 Å². The smallest absolute Gasteiger partial charge is 0.0354 e. The molecule has 0 aromatic heterocycles. The van der Waals surface area contributed by atoms with Gasteiger partial charge in [0.05, 0.1) is 0 Å². The summed E-state index contributed by atoms with van der Waals surface area (Å²) in [6, 6.07) is 0. The summed E-state index contributed by atoms with van der Waals surface area (Å²) in [5.74, 6) is 1.39. The Morgan fingerprint density at radius 3 is 2.14 bits per heavy atom. The van der Waals surface area contributed by atoms with Crippen molar-refractivity contribution in [2.75, 3.05) is 0 Å². The van der Waals surface area contributed by atoms with Gasteiger partial charge in [0.15, 0.2) is 0 Å². The monoisotopic (exact) mass is 197 g/mol. The predicted octanol–water partition coefficient (Wildman–Crippen LogP) is 5.09. The Hall–Kier alpha value is 0. The summed E-state index contributed by atoms with van der Waals surface area (Å²) in [6.07, 6.45) is 6.76. The molecule has 0 aliphatic rings. The topological polar surface area (TPSA) is 0 Å². The van der Waals surface area contributed by atoms with Crippen LogP contribution in [0.2, 0.25) is 0 Å². The van der Waals surface area contributed by atoms with Gasteiger partial charge in [-0.3, -0.25) is 0 Å². The standard InChI is InChI=1S/C14H29/c1-7-10-14(5,6)11-8-9-13(4)12(2)3/h12-13H,2,7-11H2,1,3-6H3. The second kappa shape index (κ2) is 6.48. The van der Waals surface area contributed by atoms with Gasteiger partial charge in [-0.15, -0.1) is 0 Å². The lowest BCUT2D eigenvalue weighted by Gasteiger charge is -2.25. The number of hydrogen-bond acceptors (Lipinski definition) is 0. The molecule has 14 heavy (non-hydrogen) atoms. The molecule has 0 fully saturated rings. The summed E-state index contributed by atoms with van der Waals surface area (Å²) in [5, 5.41) is 0. The third-order valence-corrected chi connectivity index (χ3v) is 3.41. The first-order chi connectivity index (χ1) is 6.39. The van der Waals surface area contributed by atoms with Crippen molar-refractivity contribution in [1.82, 2.24) is 0 Å². The van der Waals surface area contributed by atoms with E-state index in [0.717, 1.165) is 5.92 Å². The van der Waals surface area contributed by atoms with Gasteiger partial charge in [0, 0.05) is 0 Å². The van der Waals surface area contributed by atoms with Crippen molar-refractivity contribution < 1.29 is 0 Å². The van der Waals surface area contributed by atoms with Crippen LogP contribution in [0, 0.1) is 24.2 Å². The fourth-order valence-corrected chi connectivity index (χ4v) is 1.99. The van der Waals surface area contributed by atoms with E-state index in [2.05, 4.69) is 41.5 Å². The third-order valence-electron chi connectivity index (χ3n) is 3.41. The molecule has 0 amide bonds. The Bertz CT molecular complexity index is 133. The van der Waals surface area contributed by atoms with Gasteiger partial charge in [-0.2, -0.15) is 0 Å². The van der Waals surface area contributed by atoms with Crippen LogP contribution in [-0.4, -0.2) is 0 Å². The number of hydrogen-bond donors (Lipinski definition) is 0. The van der Waals surface area contributed by atoms with Gasteiger partial charge in [0.2, 0.25) is 0 Å².